The summed E-state index contributed by atoms with van der Waals surface area (Å²) in [4.78, 5) is 7.71. The number of benzene rings is 1. The minimum Gasteiger partial charge on any atom is -0.300 e. The Kier molecular flexibility index (Phi) is 4.79. The maximum absolute atomic E-state index is 11.4. The van der Waals surface area contributed by atoms with Gasteiger partial charge in [0.15, 0.2) is 9.84 Å². The van der Waals surface area contributed by atoms with Gasteiger partial charge < -0.3 is 5.32 Å². The summed E-state index contributed by atoms with van der Waals surface area (Å²) in [6.07, 6.45) is 2.51. The zero-order valence-corrected chi connectivity index (χ0v) is 13.8. The molecule has 1 aromatic carbocycles. The van der Waals surface area contributed by atoms with Crippen LogP contribution in [0.25, 0.3) is 0 Å². The lowest BCUT2D eigenvalue weighted by atomic mass is 10.2. The minimum absolute atomic E-state index is 0.376. The molecule has 7 heteroatoms. The number of sulfone groups is 1. The molecule has 2 heterocycles. The third-order valence-corrected chi connectivity index (χ3v) is 5.29. The molecule has 2 saturated heterocycles. The Morgan fingerprint density at radius 1 is 1.05 bits per heavy atom. The summed E-state index contributed by atoms with van der Waals surface area (Å²) in [6, 6.07) is 7.10. The van der Waals surface area contributed by atoms with E-state index in [0.717, 1.165) is 38.8 Å². The van der Waals surface area contributed by atoms with Crippen molar-refractivity contribution in [2.24, 2.45) is 0 Å². The predicted molar refractivity (Wildman–Crippen MR) is 85.7 cm³/mol. The van der Waals surface area contributed by atoms with Crippen LogP contribution in [0.3, 0.4) is 0 Å². The van der Waals surface area contributed by atoms with Gasteiger partial charge in [0.25, 0.3) is 0 Å². The van der Waals surface area contributed by atoms with Crippen LogP contribution in [-0.2, 0) is 16.4 Å². The minimum atomic E-state index is -3.11. The summed E-state index contributed by atoms with van der Waals surface area (Å²) in [7, 11) is -3.11. The van der Waals surface area contributed by atoms with Crippen molar-refractivity contribution in [1.29, 1.82) is 0 Å². The van der Waals surface area contributed by atoms with E-state index in [2.05, 4.69) is 20.0 Å². The lowest BCUT2D eigenvalue weighted by Gasteiger charge is -2.45. The summed E-state index contributed by atoms with van der Waals surface area (Å²) < 4.78 is 22.9. The van der Waals surface area contributed by atoms with Crippen LogP contribution in [0, 0.1) is 0 Å². The standard InChI is InChI=1S/C15H24N4O2S/c1-22(20,21)15-5-3-14(4-6-15)9-16-10-19-12-17-7-2-8-18(11-17)13-19/h3-6,16H,2,7-13H2,1H3. The fourth-order valence-electron chi connectivity index (χ4n) is 3.10. The molecule has 6 nitrogen and oxygen atoms in total. The van der Waals surface area contributed by atoms with Crippen molar-refractivity contribution in [2.75, 3.05) is 46.0 Å². The molecule has 0 radical (unpaired) electrons. The lowest BCUT2D eigenvalue weighted by Crippen LogP contribution is -2.59. The highest BCUT2D eigenvalue weighted by molar-refractivity contribution is 7.90. The first-order valence-corrected chi connectivity index (χ1v) is 9.57. The molecule has 1 aromatic rings. The van der Waals surface area contributed by atoms with Crippen LogP contribution in [0.2, 0.25) is 0 Å². The van der Waals surface area contributed by atoms with Gasteiger partial charge in [-0.15, -0.1) is 0 Å². The highest BCUT2D eigenvalue weighted by Gasteiger charge is 2.25. The first kappa shape index (κ1) is 15.9. The molecule has 0 aromatic heterocycles. The van der Waals surface area contributed by atoms with Gasteiger partial charge in [0.05, 0.1) is 31.6 Å². The molecular weight excluding hydrogens is 300 g/mol. The molecule has 122 valence electrons. The molecule has 2 atom stereocenters. The summed E-state index contributed by atoms with van der Waals surface area (Å²) in [6.45, 7) is 7.14. The normalized spacial score (nSPS) is 26.0. The van der Waals surface area contributed by atoms with Crippen LogP contribution >= 0.6 is 0 Å². The molecule has 0 aliphatic carbocycles. The van der Waals surface area contributed by atoms with Gasteiger partial charge in [-0.05, 0) is 24.1 Å². The van der Waals surface area contributed by atoms with Gasteiger partial charge in [-0.3, -0.25) is 14.7 Å². The molecule has 2 fully saturated rings. The van der Waals surface area contributed by atoms with E-state index in [4.69, 9.17) is 0 Å². The molecule has 0 saturated carbocycles. The number of rotatable bonds is 5. The van der Waals surface area contributed by atoms with E-state index in [-0.39, 0.29) is 0 Å². The molecule has 2 unspecified atom stereocenters. The Morgan fingerprint density at radius 2 is 1.68 bits per heavy atom. The molecular formula is C15H24N4O2S. The summed E-state index contributed by atoms with van der Waals surface area (Å²) in [5.74, 6) is 0. The van der Waals surface area contributed by atoms with E-state index in [1.54, 1.807) is 12.1 Å². The van der Waals surface area contributed by atoms with Gasteiger partial charge in [0.1, 0.15) is 0 Å². The van der Waals surface area contributed by atoms with E-state index in [0.29, 0.717) is 4.90 Å². The predicted octanol–water partition coefficient (Wildman–Crippen LogP) is 0.333. The summed E-state index contributed by atoms with van der Waals surface area (Å²) >= 11 is 0. The van der Waals surface area contributed by atoms with Crippen molar-refractivity contribution in [1.82, 2.24) is 20.0 Å². The maximum Gasteiger partial charge on any atom is 0.175 e. The monoisotopic (exact) mass is 324 g/mol. The van der Waals surface area contributed by atoms with Crippen molar-refractivity contribution in [3.8, 4) is 0 Å². The van der Waals surface area contributed by atoms with E-state index >= 15 is 0 Å². The third kappa shape index (κ3) is 4.05. The highest BCUT2D eigenvalue weighted by Crippen LogP contribution is 2.13. The third-order valence-electron chi connectivity index (χ3n) is 4.16. The molecule has 0 amide bonds. The lowest BCUT2D eigenvalue weighted by molar-refractivity contribution is -0.0584. The van der Waals surface area contributed by atoms with Crippen LogP contribution in [0.4, 0.5) is 0 Å². The molecule has 22 heavy (non-hydrogen) atoms. The van der Waals surface area contributed by atoms with Crippen molar-refractivity contribution in [2.45, 2.75) is 17.9 Å². The number of hydrogen-bond donors (Lipinski definition) is 1. The average Bonchev–Trinajstić information content (AvgIpc) is 2.46. The Morgan fingerprint density at radius 3 is 2.27 bits per heavy atom. The van der Waals surface area contributed by atoms with Crippen molar-refractivity contribution in [3.05, 3.63) is 29.8 Å². The molecule has 2 aliphatic heterocycles. The van der Waals surface area contributed by atoms with Gasteiger partial charge >= 0.3 is 0 Å². The first-order valence-electron chi connectivity index (χ1n) is 7.67. The van der Waals surface area contributed by atoms with E-state index < -0.39 is 9.84 Å². The fourth-order valence-corrected chi connectivity index (χ4v) is 3.73. The van der Waals surface area contributed by atoms with Gasteiger partial charge in [0.2, 0.25) is 0 Å². The van der Waals surface area contributed by atoms with E-state index in [1.165, 1.54) is 25.8 Å². The zero-order valence-electron chi connectivity index (χ0n) is 13.0. The number of nitrogens with zero attached hydrogens (tertiary/aromatic N) is 3. The maximum atomic E-state index is 11.4. The van der Waals surface area contributed by atoms with Crippen molar-refractivity contribution < 1.29 is 8.42 Å². The molecule has 2 aliphatic rings. The Hall–Kier alpha value is -0.990. The second-order valence-electron chi connectivity index (χ2n) is 6.24. The SMILES string of the molecule is CS(=O)(=O)c1ccc(CNCN2CN3CCCN(C3)C2)cc1. The van der Waals surface area contributed by atoms with Crippen LogP contribution < -0.4 is 5.32 Å². The van der Waals surface area contributed by atoms with E-state index in [1.807, 2.05) is 12.1 Å². The summed E-state index contributed by atoms with van der Waals surface area (Å²) in [5, 5.41) is 3.44. The quantitative estimate of drug-likeness (QED) is 0.843. The highest BCUT2D eigenvalue weighted by atomic mass is 32.2. The van der Waals surface area contributed by atoms with Crippen LogP contribution in [-0.4, -0.2) is 69.1 Å². The van der Waals surface area contributed by atoms with Crippen molar-refractivity contribution >= 4 is 9.84 Å². The second-order valence-corrected chi connectivity index (χ2v) is 8.25. The Labute approximate surface area is 132 Å². The Balaban J connectivity index is 1.47. The van der Waals surface area contributed by atoms with Crippen LogP contribution in [0.1, 0.15) is 12.0 Å². The second kappa shape index (κ2) is 6.64. The molecule has 1 N–H and O–H groups in total. The topological polar surface area (TPSA) is 55.9 Å². The van der Waals surface area contributed by atoms with Gasteiger partial charge in [0, 0.05) is 25.9 Å². The van der Waals surface area contributed by atoms with Gasteiger partial charge in [-0.2, -0.15) is 0 Å². The van der Waals surface area contributed by atoms with E-state index in [9.17, 15) is 8.42 Å². The number of nitrogens with one attached hydrogen (secondary N) is 1. The van der Waals surface area contributed by atoms with Crippen molar-refractivity contribution in [3.63, 3.8) is 0 Å². The average molecular weight is 324 g/mol. The summed E-state index contributed by atoms with van der Waals surface area (Å²) in [5.41, 5.74) is 1.10. The molecule has 0 spiro atoms. The number of fused-ring (bicyclic) bond motifs is 2. The molecule has 3 rings (SSSR count). The van der Waals surface area contributed by atoms with Gasteiger partial charge in [-0.1, -0.05) is 12.1 Å². The van der Waals surface area contributed by atoms with Crippen LogP contribution in [0.5, 0.6) is 0 Å². The smallest absolute Gasteiger partial charge is 0.175 e. The van der Waals surface area contributed by atoms with Crippen LogP contribution in [0.15, 0.2) is 29.2 Å². The first-order chi connectivity index (χ1) is 10.5. The largest absolute Gasteiger partial charge is 0.300 e. The zero-order chi connectivity index (χ0) is 15.6. The molecule has 2 bridgehead atoms. The van der Waals surface area contributed by atoms with Gasteiger partial charge in [-0.25, -0.2) is 8.42 Å². The number of hydrogen-bond acceptors (Lipinski definition) is 6. The fraction of sp³-hybridized carbons (Fsp3) is 0.600. The Bertz CT molecular complexity index is 590.